The molecule has 0 bridgehead atoms. The van der Waals surface area contributed by atoms with Crippen molar-refractivity contribution in [3.05, 3.63) is 53.6 Å². The Morgan fingerprint density at radius 2 is 1.83 bits per heavy atom. The molecule has 2 aromatic rings. The van der Waals surface area contributed by atoms with Crippen molar-refractivity contribution in [2.45, 2.75) is 40.2 Å². The van der Waals surface area contributed by atoms with Gasteiger partial charge in [-0.3, -0.25) is 4.79 Å². The molecule has 0 aromatic heterocycles. The zero-order chi connectivity index (χ0) is 17.5. The zero-order valence-electron chi connectivity index (χ0n) is 14.8. The number of amides is 1. The van der Waals surface area contributed by atoms with Crippen molar-refractivity contribution in [3.63, 3.8) is 0 Å². The minimum Gasteiger partial charge on any atom is -0.491 e. The molecule has 0 spiro atoms. The maximum atomic E-state index is 12.1. The smallest absolute Gasteiger partial charge is 0.243 e. The largest absolute Gasteiger partial charge is 0.491 e. The molecule has 2 rings (SSSR count). The van der Waals surface area contributed by atoms with Crippen LogP contribution in [0.5, 0.6) is 5.75 Å². The van der Waals surface area contributed by atoms with Gasteiger partial charge >= 0.3 is 0 Å². The van der Waals surface area contributed by atoms with E-state index in [1.54, 1.807) is 0 Å². The molecule has 0 fully saturated rings. The molecule has 24 heavy (non-hydrogen) atoms. The number of aryl methyl sites for hydroxylation is 2. The number of benzene rings is 2. The molecule has 4 heteroatoms. The van der Waals surface area contributed by atoms with Gasteiger partial charge in [0.25, 0.3) is 0 Å². The first kappa shape index (κ1) is 17.9. The molecule has 2 N–H and O–H groups in total. The Balaban J connectivity index is 1.87. The number of anilines is 2. The van der Waals surface area contributed by atoms with Gasteiger partial charge in [-0.25, -0.2) is 0 Å². The Kier molecular flexibility index (Phi) is 6.24. The van der Waals surface area contributed by atoms with Crippen molar-refractivity contribution in [1.82, 2.24) is 0 Å². The maximum absolute atomic E-state index is 12.1. The first-order valence-corrected chi connectivity index (χ1v) is 8.35. The molecule has 0 saturated carbocycles. The molecule has 2 aromatic carbocycles. The fourth-order valence-corrected chi connectivity index (χ4v) is 2.24. The van der Waals surface area contributed by atoms with E-state index in [4.69, 9.17) is 4.74 Å². The Morgan fingerprint density at radius 1 is 1.12 bits per heavy atom. The predicted octanol–water partition coefficient (Wildman–Crippen LogP) is 4.53. The van der Waals surface area contributed by atoms with Crippen LogP contribution in [0.25, 0.3) is 0 Å². The first-order valence-electron chi connectivity index (χ1n) is 8.35. The van der Waals surface area contributed by atoms with Gasteiger partial charge in [0.15, 0.2) is 0 Å². The van der Waals surface area contributed by atoms with Crippen LogP contribution in [0.15, 0.2) is 42.5 Å². The molecule has 1 unspecified atom stereocenters. The summed E-state index contributed by atoms with van der Waals surface area (Å²) in [6.07, 6.45) is 1.15. The van der Waals surface area contributed by atoms with Crippen LogP contribution >= 0.6 is 0 Å². The average molecular weight is 326 g/mol. The van der Waals surface area contributed by atoms with Gasteiger partial charge in [-0.05, 0) is 68.7 Å². The van der Waals surface area contributed by atoms with E-state index in [0.717, 1.165) is 29.1 Å². The van der Waals surface area contributed by atoms with Crippen LogP contribution < -0.4 is 15.4 Å². The van der Waals surface area contributed by atoms with Gasteiger partial charge in [-0.15, -0.1) is 0 Å². The molecular formula is C20H26N2O2. The van der Waals surface area contributed by atoms with Gasteiger partial charge in [-0.1, -0.05) is 19.1 Å². The summed E-state index contributed by atoms with van der Waals surface area (Å²) in [5.74, 6) is 0.738. The molecule has 0 aliphatic rings. The normalized spacial score (nSPS) is 11.7. The topological polar surface area (TPSA) is 50.4 Å². The summed E-state index contributed by atoms with van der Waals surface area (Å²) in [5.41, 5.74) is 4.04. The molecular weight excluding hydrogens is 300 g/mol. The molecule has 0 aliphatic heterocycles. The summed E-state index contributed by atoms with van der Waals surface area (Å²) in [7, 11) is 0. The summed E-state index contributed by atoms with van der Waals surface area (Å²) < 4.78 is 5.73. The van der Waals surface area contributed by atoms with Crippen molar-refractivity contribution < 1.29 is 9.53 Å². The van der Waals surface area contributed by atoms with Gasteiger partial charge in [0.2, 0.25) is 5.91 Å². The number of carbonyl (C=O) groups is 1. The fourth-order valence-electron chi connectivity index (χ4n) is 2.24. The van der Waals surface area contributed by atoms with Crippen LogP contribution in [-0.4, -0.2) is 18.6 Å². The molecule has 128 valence electrons. The zero-order valence-corrected chi connectivity index (χ0v) is 14.8. The molecule has 0 radical (unpaired) electrons. The van der Waals surface area contributed by atoms with Crippen molar-refractivity contribution in [3.8, 4) is 5.75 Å². The molecule has 1 atom stereocenters. The van der Waals surface area contributed by atoms with E-state index in [9.17, 15) is 4.79 Å². The van der Waals surface area contributed by atoms with Crippen LogP contribution in [0, 0.1) is 13.8 Å². The highest BCUT2D eigenvalue weighted by Gasteiger charge is 2.05. The van der Waals surface area contributed by atoms with Gasteiger partial charge in [-0.2, -0.15) is 0 Å². The molecule has 4 nitrogen and oxygen atoms in total. The van der Waals surface area contributed by atoms with Crippen molar-refractivity contribution in [1.29, 1.82) is 0 Å². The summed E-state index contributed by atoms with van der Waals surface area (Å²) in [5, 5.41) is 6.07. The predicted molar refractivity (Wildman–Crippen MR) is 99.9 cm³/mol. The third-order valence-electron chi connectivity index (χ3n) is 3.88. The van der Waals surface area contributed by atoms with E-state index in [2.05, 4.69) is 23.6 Å². The summed E-state index contributed by atoms with van der Waals surface area (Å²) in [4.78, 5) is 12.1. The number of carbonyl (C=O) groups excluding carboxylic acids is 1. The van der Waals surface area contributed by atoms with E-state index in [-0.39, 0.29) is 18.6 Å². The van der Waals surface area contributed by atoms with Crippen LogP contribution in [0.2, 0.25) is 0 Å². The quantitative estimate of drug-likeness (QED) is 0.786. The molecule has 0 saturated heterocycles. The van der Waals surface area contributed by atoms with Crippen LogP contribution in [0.3, 0.4) is 0 Å². The lowest BCUT2D eigenvalue weighted by atomic mass is 10.1. The van der Waals surface area contributed by atoms with Crippen molar-refractivity contribution >= 4 is 17.3 Å². The molecule has 0 heterocycles. The summed E-state index contributed by atoms with van der Waals surface area (Å²) >= 11 is 0. The van der Waals surface area contributed by atoms with E-state index in [0.29, 0.717) is 0 Å². The van der Waals surface area contributed by atoms with Gasteiger partial charge in [0, 0.05) is 11.4 Å². The van der Waals surface area contributed by atoms with Gasteiger partial charge < -0.3 is 15.4 Å². The fraction of sp³-hybridized carbons (Fsp3) is 0.350. The van der Waals surface area contributed by atoms with Crippen LogP contribution in [-0.2, 0) is 4.79 Å². The Morgan fingerprint density at radius 3 is 2.50 bits per heavy atom. The van der Waals surface area contributed by atoms with Crippen molar-refractivity contribution in [2.75, 3.05) is 17.2 Å². The van der Waals surface area contributed by atoms with E-state index < -0.39 is 0 Å². The second-order valence-corrected chi connectivity index (χ2v) is 6.08. The van der Waals surface area contributed by atoms with Gasteiger partial charge in [0.1, 0.15) is 5.75 Å². The minimum absolute atomic E-state index is 0.0773. The van der Waals surface area contributed by atoms with Crippen LogP contribution in [0.4, 0.5) is 11.4 Å². The minimum atomic E-state index is -0.0773. The highest BCUT2D eigenvalue weighted by atomic mass is 16.5. The number of hydrogen-bond acceptors (Lipinski definition) is 3. The SMILES string of the molecule is CCC(C)Oc1ccc(NC(=O)CNc2cc(C)ccc2C)cc1. The summed E-state index contributed by atoms with van der Waals surface area (Å²) in [6, 6.07) is 13.6. The second-order valence-electron chi connectivity index (χ2n) is 6.08. The lowest BCUT2D eigenvalue weighted by molar-refractivity contribution is -0.114. The van der Waals surface area contributed by atoms with E-state index in [1.165, 1.54) is 5.56 Å². The average Bonchev–Trinajstić information content (AvgIpc) is 2.57. The monoisotopic (exact) mass is 326 g/mol. The van der Waals surface area contributed by atoms with Gasteiger partial charge in [0.05, 0.1) is 12.6 Å². The number of ether oxygens (including phenoxy) is 1. The third-order valence-corrected chi connectivity index (χ3v) is 3.88. The lowest BCUT2D eigenvalue weighted by Crippen LogP contribution is -2.22. The molecule has 0 aliphatic carbocycles. The summed E-state index contributed by atoms with van der Waals surface area (Å²) in [6.45, 7) is 8.41. The lowest BCUT2D eigenvalue weighted by Gasteiger charge is -2.13. The highest BCUT2D eigenvalue weighted by Crippen LogP contribution is 2.18. The first-order chi connectivity index (χ1) is 11.5. The third kappa shape index (κ3) is 5.30. The number of rotatable bonds is 7. The highest BCUT2D eigenvalue weighted by molar-refractivity contribution is 5.93. The number of nitrogens with one attached hydrogen (secondary N) is 2. The second kappa shape index (κ2) is 8.39. The van der Waals surface area contributed by atoms with Crippen LogP contribution in [0.1, 0.15) is 31.4 Å². The number of hydrogen-bond donors (Lipinski definition) is 2. The Hall–Kier alpha value is -2.49. The Bertz CT molecular complexity index is 681. The van der Waals surface area contributed by atoms with E-state index in [1.807, 2.05) is 57.2 Å². The maximum Gasteiger partial charge on any atom is 0.243 e. The molecule has 1 amide bonds. The van der Waals surface area contributed by atoms with E-state index >= 15 is 0 Å². The Labute approximate surface area is 144 Å². The standard InChI is InChI=1S/C20H26N2O2/c1-5-16(4)24-18-10-8-17(9-11-18)22-20(23)13-21-19-12-14(2)6-7-15(19)3/h6-12,16,21H,5,13H2,1-4H3,(H,22,23). The van der Waals surface area contributed by atoms with Crippen molar-refractivity contribution in [2.24, 2.45) is 0 Å².